The van der Waals surface area contributed by atoms with Crippen molar-refractivity contribution in [1.29, 1.82) is 0 Å². The zero-order valence-electron chi connectivity index (χ0n) is 8.23. The molecule has 0 spiro atoms. The van der Waals surface area contributed by atoms with Crippen molar-refractivity contribution in [3.63, 3.8) is 0 Å². The molecule has 6 heteroatoms. The number of hydroxylamine groups is 2. The largest absolute Gasteiger partial charge is 0.527 e. The van der Waals surface area contributed by atoms with Crippen LogP contribution in [0.4, 0.5) is 4.79 Å². The number of nitrogens with zero attached hydrogens (tertiary/aromatic N) is 1. The van der Waals surface area contributed by atoms with Gasteiger partial charge in [-0.2, -0.15) is 0 Å². The minimum Gasteiger partial charge on any atom is -0.436 e. The quantitative estimate of drug-likeness (QED) is 0.588. The molecule has 1 unspecified atom stereocenters. The maximum Gasteiger partial charge on any atom is 0.527 e. The highest BCUT2D eigenvalue weighted by molar-refractivity contribution is 5.59. The van der Waals surface area contributed by atoms with E-state index in [1.807, 2.05) is 0 Å². The van der Waals surface area contributed by atoms with E-state index in [1.165, 1.54) is 12.2 Å². The molecule has 1 atom stereocenters. The van der Waals surface area contributed by atoms with Gasteiger partial charge in [-0.05, 0) is 12.8 Å². The Hall–Kier alpha value is -0.850. The van der Waals surface area contributed by atoms with Crippen LogP contribution in [0.15, 0.2) is 0 Å². The fraction of sp³-hybridized carbons (Fsp3) is 0.875. The SMILES string of the molecule is COC(=O)ON1CCCC(O)(CN)C1. The highest BCUT2D eigenvalue weighted by Crippen LogP contribution is 2.20. The van der Waals surface area contributed by atoms with E-state index >= 15 is 0 Å². The van der Waals surface area contributed by atoms with Crippen molar-refractivity contribution in [3.8, 4) is 0 Å². The Bertz CT molecular complexity index is 212. The summed E-state index contributed by atoms with van der Waals surface area (Å²) in [7, 11) is 1.24. The molecule has 0 saturated carbocycles. The normalized spacial score (nSPS) is 28.5. The first-order chi connectivity index (χ1) is 6.59. The van der Waals surface area contributed by atoms with Crippen LogP contribution in [0, 0.1) is 0 Å². The molecule has 0 aromatic heterocycles. The number of piperidine rings is 1. The third-order valence-electron chi connectivity index (χ3n) is 2.27. The molecule has 0 aromatic carbocycles. The summed E-state index contributed by atoms with van der Waals surface area (Å²) in [4.78, 5) is 15.6. The third kappa shape index (κ3) is 2.83. The molecule has 14 heavy (non-hydrogen) atoms. The van der Waals surface area contributed by atoms with Crippen LogP contribution in [0.5, 0.6) is 0 Å². The maximum absolute atomic E-state index is 10.8. The van der Waals surface area contributed by atoms with Gasteiger partial charge in [-0.1, -0.05) is 0 Å². The van der Waals surface area contributed by atoms with Gasteiger partial charge in [-0.15, -0.1) is 5.06 Å². The molecule has 0 amide bonds. The monoisotopic (exact) mass is 204 g/mol. The number of carbonyl (C=O) groups is 1. The van der Waals surface area contributed by atoms with Gasteiger partial charge in [0.25, 0.3) is 0 Å². The van der Waals surface area contributed by atoms with Crippen LogP contribution >= 0.6 is 0 Å². The first-order valence-corrected chi connectivity index (χ1v) is 4.53. The summed E-state index contributed by atoms with van der Waals surface area (Å²) < 4.78 is 4.34. The average Bonchev–Trinajstić information content (AvgIpc) is 2.18. The molecule has 0 aliphatic carbocycles. The van der Waals surface area contributed by atoms with Gasteiger partial charge in [-0.3, -0.25) is 0 Å². The minimum absolute atomic E-state index is 0.161. The van der Waals surface area contributed by atoms with E-state index in [0.29, 0.717) is 13.0 Å². The summed E-state index contributed by atoms with van der Waals surface area (Å²) in [6.45, 7) is 0.990. The lowest BCUT2D eigenvalue weighted by molar-refractivity contribution is -0.177. The van der Waals surface area contributed by atoms with Crippen LogP contribution in [-0.4, -0.2) is 48.7 Å². The molecule has 82 valence electrons. The fourth-order valence-electron chi connectivity index (χ4n) is 1.46. The van der Waals surface area contributed by atoms with Gasteiger partial charge in [-0.25, -0.2) is 4.79 Å². The zero-order chi connectivity index (χ0) is 10.6. The summed E-state index contributed by atoms with van der Waals surface area (Å²) in [6.07, 6.45) is 0.598. The number of ether oxygens (including phenoxy) is 1. The van der Waals surface area contributed by atoms with E-state index in [2.05, 4.69) is 4.74 Å². The molecule has 0 bridgehead atoms. The molecule has 6 nitrogen and oxygen atoms in total. The number of carbonyl (C=O) groups excluding carboxylic acids is 1. The van der Waals surface area contributed by atoms with Gasteiger partial charge in [0, 0.05) is 13.1 Å². The molecule has 1 fully saturated rings. The second kappa shape index (κ2) is 4.59. The second-order valence-electron chi connectivity index (χ2n) is 3.44. The molecule has 1 aliphatic rings. The molecule has 0 radical (unpaired) electrons. The molecular formula is C8H16N2O4. The Labute approximate surface area is 82.5 Å². The van der Waals surface area contributed by atoms with E-state index in [4.69, 9.17) is 10.6 Å². The summed E-state index contributed by atoms with van der Waals surface area (Å²) >= 11 is 0. The molecular weight excluding hydrogens is 188 g/mol. The smallest absolute Gasteiger partial charge is 0.436 e. The van der Waals surface area contributed by atoms with E-state index in [9.17, 15) is 9.90 Å². The number of rotatable bonds is 2. The summed E-state index contributed by atoms with van der Waals surface area (Å²) in [6, 6.07) is 0. The van der Waals surface area contributed by atoms with Gasteiger partial charge in [0.05, 0.1) is 19.3 Å². The van der Waals surface area contributed by atoms with Crippen molar-refractivity contribution in [1.82, 2.24) is 5.06 Å². The van der Waals surface area contributed by atoms with Gasteiger partial charge < -0.3 is 20.4 Å². The van der Waals surface area contributed by atoms with Crippen molar-refractivity contribution in [2.24, 2.45) is 5.73 Å². The van der Waals surface area contributed by atoms with Crippen LogP contribution in [0.3, 0.4) is 0 Å². The van der Waals surface area contributed by atoms with E-state index in [0.717, 1.165) is 6.42 Å². The third-order valence-corrected chi connectivity index (χ3v) is 2.27. The summed E-state index contributed by atoms with van der Waals surface area (Å²) in [5, 5.41) is 11.2. The average molecular weight is 204 g/mol. The Kier molecular flexibility index (Phi) is 3.68. The van der Waals surface area contributed by atoms with Crippen molar-refractivity contribution >= 4 is 6.16 Å². The summed E-state index contributed by atoms with van der Waals surface area (Å²) in [5.41, 5.74) is 4.46. The molecule has 1 rings (SSSR count). The number of β-amino-alcohol motifs (C(OH)–C–C–N with tert-alkyl or cyclic N) is 1. The standard InChI is InChI=1S/C8H16N2O4/c1-13-7(11)14-10-4-2-3-8(12,5-9)6-10/h12H,2-6,9H2,1H3. The first kappa shape index (κ1) is 11.2. The topological polar surface area (TPSA) is 85.0 Å². The van der Waals surface area contributed by atoms with E-state index < -0.39 is 11.8 Å². The number of hydrogen-bond acceptors (Lipinski definition) is 6. The van der Waals surface area contributed by atoms with Crippen molar-refractivity contribution < 1.29 is 19.5 Å². The first-order valence-electron chi connectivity index (χ1n) is 4.53. The highest BCUT2D eigenvalue weighted by atomic mass is 16.8. The number of nitrogens with two attached hydrogens (primary N) is 1. The van der Waals surface area contributed by atoms with Gasteiger partial charge in [0.15, 0.2) is 0 Å². The molecule has 3 N–H and O–H groups in total. The van der Waals surface area contributed by atoms with Crippen LogP contribution in [0.1, 0.15) is 12.8 Å². The van der Waals surface area contributed by atoms with Crippen LogP contribution < -0.4 is 5.73 Å². The van der Waals surface area contributed by atoms with Crippen molar-refractivity contribution in [2.75, 3.05) is 26.7 Å². The number of hydrogen-bond donors (Lipinski definition) is 2. The van der Waals surface area contributed by atoms with Gasteiger partial charge in [0.1, 0.15) is 0 Å². The number of methoxy groups -OCH3 is 1. The van der Waals surface area contributed by atoms with Crippen molar-refractivity contribution in [3.05, 3.63) is 0 Å². The summed E-state index contributed by atoms with van der Waals surface area (Å²) in [5.74, 6) is 0. The Morgan fingerprint density at radius 3 is 3.00 bits per heavy atom. The highest BCUT2D eigenvalue weighted by Gasteiger charge is 2.33. The molecule has 1 heterocycles. The van der Waals surface area contributed by atoms with E-state index in [-0.39, 0.29) is 13.1 Å². The lowest BCUT2D eigenvalue weighted by Crippen LogP contribution is -2.52. The lowest BCUT2D eigenvalue weighted by atomic mass is 9.94. The van der Waals surface area contributed by atoms with Gasteiger partial charge >= 0.3 is 6.16 Å². The fourth-order valence-corrected chi connectivity index (χ4v) is 1.46. The van der Waals surface area contributed by atoms with Crippen molar-refractivity contribution in [2.45, 2.75) is 18.4 Å². The zero-order valence-corrected chi connectivity index (χ0v) is 8.23. The minimum atomic E-state index is -0.952. The van der Waals surface area contributed by atoms with E-state index in [1.54, 1.807) is 0 Å². The predicted molar refractivity (Wildman–Crippen MR) is 48.3 cm³/mol. The van der Waals surface area contributed by atoms with Crippen LogP contribution in [0.2, 0.25) is 0 Å². The molecule has 1 saturated heterocycles. The van der Waals surface area contributed by atoms with Crippen LogP contribution in [0.25, 0.3) is 0 Å². The Morgan fingerprint density at radius 1 is 1.71 bits per heavy atom. The Morgan fingerprint density at radius 2 is 2.43 bits per heavy atom. The number of aliphatic hydroxyl groups is 1. The molecule has 0 aromatic rings. The maximum atomic E-state index is 10.8. The lowest BCUT2D eigenvalue weighted by Gasteiger charge is -2.36. The van der Waals surface area contributed by atoms with Crippen LogP contribution in [-0.2, 0) is 9.57 Å². The predicted octanol–water partition coefficient (Wildman–Crippen LogP) is -0.530. The molecule has 1 aliphatic heterocycles. The van der Waals surface area contributed by atoms with Gasteiger partial charge in [0.2, 0.25) is 0 Å². The Balaban J connectivity index is 2.44. The second-order valence-corrected chi connectivity index (χ2v) is 3.44.